The maximum atomic E-state index is 12.4. The number of methoxy groups -OCH3 is 1. The predicted molar refractivity (Wildman–Crippen MR) is 97.1 cm³/mol. The Labute approximate surface area is 161 Å². The van der Waals surface area contributed by atoms with Crippen LogP contribution in [0.25, 0.3) is 11.5 Å². The molecule has 0 aliphatic carbocycles. The molecule has 0 unspecified atom stereocenters. The lowest BCUT2D eigenvalue weighted by molar-refractivity contribution is -0.160. The van der Waals surface area contributed by atoms with E-state index in [0.29, 0.717) is 23.9 Å². The molecule has 4 rings (SSSR count). The third-order valence-electron chi connectivity index (χ3n) is 4.58. The van der Waals surface area contributed by atoms with E-state index >= 15 is 0 Å². The number of benzene rings is 1. The molecule has 1 aromatic carbocycles. The molecule has 0 spiro atoms. The molecule has 144 valence electrons. The fourth-order valence-corrected chi connectivity index (χ4v) is 3.27. The molecule has 3 heterocycles. The number of morpholine rings is 1. The number of hydrogen-bond acceptors (Lipinski definition) is 8. The van der Waals surface area contributed by atoms with Gasteiger partial charge in [0.1, 0.15) is 18.6 Å². The zero-order valence-electron chi connectivity index (χ0n) is 15.5. The van der Waals surface area contributed by atoms with Gasteiger partial charge in [0.2, 0.25) is 17.6 Å². The summed E-state index contributed by atoms with van der Waals surface area (Å²) < 4.78 is 16.4. The second-order valence-corrected chi connectivity index (χ2v) is 6.17. The molecule has 28 heavy (non-hydrogen) atoms. The Balaban J connectivity index is 1.70. The number of aromatic nitrogens is 4. The standard InChI is InChI=1S/C19H19N5O4/c1-3-24-15(25)10-27-17(16(24)12-7-5-4-6-8-12)19-22-18(23-28-19)13-9-14(26-2)21-11-20-13/h4-9,11,16-17H,3,10H2,1-2H3/t16-,17+/m1/s1. The summed E-state index contributed by atoms with van der Waals surface area (Å²) in [5, 5.41) is 4.02. The number of amides is 1. The van der Waals surface area contributed by atoms with Gasteiger partial charge < -0.3 is 18.9 Å². The summed E-state index contributed by atoms with van der Waals surface area (Å²) in [4.78, 5) is 26.7. The van der Waals surface area contributed by atoms with Crippen molar-refractivity contribution < 1.29 is 18.8 Å². The van der Waals surface area contributed by atoms with E-state index in [4.69, 9.17) is 14.0 Å². The third-order valence-corrected chi connectivity index (χ3v) is 4.58. The third kappa shape index (κ3) is 3.31. The van der Waals surface area contributed by atoms with Gasteiger partial charge in [-0.2, -0.15) is 4.98 Å². The summed E-state index contributed by atoms with van der Waals surface area (Å²) in [5.41, 5.74) is 1.41. The van der Waals surface area contributed by atoms with Gasteiger partial charge >= 0.3 is 0 Å². The molecule has 1 fully saturated rings. The SMILES string of the molecule is CCN1C(=O)CO[C@H](c2nc(-c3cc(OC)ncn3)no2)[C@H]1c1ccccc1. The number of likely N-dealkylation sites (N-methyl/N-ethyl adjacent to an activating group) is 1. The quantitative estimate of drug-likeness (QED) is 0.663. The van der Waals surface area contributed by atoms with E-state index < -0.39 is 6.10 Å². The number of ether oxygens (including phenoxy) is 2. The molecule has 1 aliphatic heterocycles. The number of rotatable bonds is 5. The van der Waals surface area contributed by atoms with E-state index in [0.717, 1.165) is 5.56 Å². The van der Waals surface area contributed by atoms with E-state index in [1.807, 2.05) is 37.3 Å². The maximum absolute atomic E-state index is 12.4. The van der Waals surface area contributed by atoms with Gasteiger partial charge in [-0.15, -0.1) is 0 Å². The zero-order valence-corrected chi connectivity index (χ0v) is 15.5. The molecule has 0 N–H and O–H groups in total. The largest absolute Gasteiger partial charge is 0.481 e. The average molecular weight is 381 g/mol. The highest BCUT2D eigenvalue weighted by Gasteiger charge is 2.41. The normalized spacial score (nSPS) is 19.6. The Morgan fingerprint density at radius 2 is 2.07 bits per heavy atom. The fraction of sp³-hybridized carbons (Fsp3) is 0.316. The summed E-state index contributed by atoms with van der Waals surface area (Å²) >= 11 is 0. The minimum absolute atomic E-state index is 0.0408. The van der Waals surface area contributed by atoms with Crippen molar-refractivity contribution in [2.75, 3.05) is 20.3 Å². The second-order valence-electron chi connectivity index (χ2n) is 6.17. The van der Waals surface area contributed by atoms with Crippen LogP contribution in [0.5, 0.6) is 5.88 Å². The highest BCUT2D eigenvalue weighted by Crippen LogP contribution is 2.39. The molecule has 0 saturated carbocycles. The van der Waals surface area contributed by atoms with Gasteiger partial charge in [0.05, 0.1) is 13.2 Å². The number of carbonyl (C=O) groups is 1. The molecule has 2 aromatic heterocycles. The lowest BCUT2D eigenvalue weighted by Crippen LogP contribution is -2.45. The minimum Gasteiger partial charge on any atom is -0.481 e. The van der Waals surface area contributed by atoms with Crippen molar-refractivity contribution >= 4 is 5.91 Å². The van der Waals surface area contributed by atoms with E-state index in [1.54, 1.807) is 11.0 Å². The number of nitrogens with zero attached hydrogens (tertiary/aromatic N) is 5. The van der Waals surface area contributed by atoms with Gasteiger partial charge in [-0.05, 0) is 12.5 Å². The summed E-state index contributed by atoms with van der Waals surface area (Å²) in [6.45, 7) is 2.44. The summed E-state index contributed by atoms with van der Waals surface area (Å²) in [5.74, 6) is 0.904. The molecule has 3 aromatic rings. The number of carbonyl (C=O) groups excluding carboxylic acids is 1. The first-order valence-corrected chi connectivity index (χ1v) is 8.87. The van der Waals surface area contributed by atoms with E-state index in [9.17, 15) is 4.79 Å². The van der Waals surface area contributed by atoms with Crippen LogP contribution >= 0.6 is 0 Å². The first-order valence-electron chi connectivity index (χ1n) is 8.87. The molecule has 1 aliphatic rings. The molecule has 9 heteroatoms. The van der Waals surface area contributed by atoms with Crippen LogP contribution in [-0.4, -0.2) is 51.2 Å². The molecular formula is C19H19N5O4. The second kappa shape index (κ2) is 7.73. The van der Waals surface area contributed by atoms with E-state index in [2.05, 4.69) is 20.1 Å². The van der Waals surface area contributed by atoms with Crippen LogP contribution in [0, 0.1) is 0 Å². The van der Waals surface area contributed by atoms with Crippen molar-refractivity contribution in [2.24, 2.45) is 0 Å². The van der Waals surface area contributed by atoms with Crippen molar-refractivity contribution in [1.29, 1.82) is 0 Å². The van der Waals surface area contributed by atoms with Crippen LogP contribution in [0.15, 0.2) is 47.2 Å². The molecule has 1 amide bonds. The van der Waals surface area contributed by atoms with Crippen LogP contribution in [0.4, 0.5) is 0 Å². The van der Waals surface area contributed by atoms with Crippen molar-refractivity contribution in [1.82, 2.24) is 25.0 Å². The van der Waals surface area contributed by atoms with Crippen molar-refractivity contribution in [2.45, 2.75) is 19.1 Å². The fourth-order valence-electron chi connectivity index (χ4n) is 3.27. The summed E-state index contributed by atoms with van der Waals surface area (Å²) in [7, 11) is 1.52. The highest BCUT2D eigenvalue weighted by atomic mass is 16.5. The molecule has 2 atom stereocenters. The van der Waals surface area contributed by atoms with Crippen molar-refractivity contribution in [3.8, 4) is 17.4 Å². The average Bonchev–Trinajstić information content (AvgIpc) is 3.24. The smallest absolute Gasteiger partial charge is 0.258 e. The lowest BCUT2D eigenvalue weighted by atomic mass is 9.97. The van der Waals surface area contributed by atoms with Gasteiger partial charge in [0.25, 0.3) is 5.89 Å². The molecular weight excluding hydrogens is 362 g/mol. The highest BCUT2D eigenvalue weighted by molar-refractivity contribution is 5.78. The van der Waals surface area contributed by atoms with E-state index in [1.165, 1.54) is 13.4 Å². The van der Waals surface area contributed by atoms with Gasteiger partial charge in [-0.3, -0.25) is 4.79 Å². The minimum atomic E-state index is -0.579. The van der Waals surface area contributed by atoms with Crippen LogP contribution in [-0.2, 0) is 9.53 Å². The van der Waals surface area contributed by atoms with Crippen LogP contribution in [0.2, 0.25) is 0 Å². The van der Waals surface area contributed by atoms with Crippen LogP contribution in [0.3, 0.4) is 0 Å². The number of hydrogen-bond donors (Lipinski definition) is 0. The Hall–Kier alpha value is -3.33. The lowest BCUT2D eigenvalue weighted by Gasteiger charge is -2.39. The first-order chi connectivity index (χ1) is 13.7. The summed E-state index contributed by atoms with van der Waals surface area (Å²) in [6.07, 6.45) is 0.788. The van der Waals surface area contributed by atoms with Crippen LogP contribution in [0.1, 0.15) is 30.5 Å². The Morgan fingerprint density at radius 3 is 2.82 bits per heavy atom. The van der Waals surface area contributed by atoms with E-state index in [-0.39, 0.29) is 24.4 Å². The Kier molecular flexibility index (Phi) is 4.98. The molecule has 1 saturated heterocycles. The topological polar surface area (TPSA) is 103 Å². The Bertz CT molecular complexity index is 962. The summed E-state index contributed by atoms with van der Waals surface area (Å²) in [6, 6.07) is 10.9. The maximum Gasteiger partial charge on any atom is 0.258 e. The van der Waals surface area contributed by atoms with Gasteiger partial charge in [-0.25, -0.2) is 9.97 Å². The predicted octanol–water partition coefficient (Wildman–Crippen LogP) is 2.20. The molecule has 0 bridgehead atoms. The zero-order chi connectivity index (χ0) is 19.5. The van der Waals surface area contributed by atoms with Gasteiger partial charge in [-0.1, -0.05) is 35.5 Å². The van der Waals surface area contributed by atoms with Gasteiger partial charge in [0, 0.05) is 12.6 Å². The van der Waals surface area contributed by atoms with Crippen LogP contribution < -0.4 is 4.74 Å². The van der Waals surface area contributed by atoms with Crippen molar-refractivity contribution in [3.05, 3.63) is 54.2 Å². The van der Waals surface area contributed by atoms with Crippen molar-refractivity contribution in [3.63, 3.8) is 0 Å². The molecule has 0 radical (unpaired) electrons. The van der Waals surface area contributed by atoms with Gasteiger partial charge in [0.15, 0.2) is 6.10 Å². The Morgan fingerprint density at radius 1 is 1.25 bits per heavy atom. The molecule has 9 nitrogen and oxygen atoms in total. The monoisotopic (exact) mass is 381 g/mol. The first kappa shape index (κ1) is 18.1.